The van der Waals surface area contributed by atoms with Gasteiger partial charge in [-0.15, -0.1) is 0 Å². The SMILES string of the molecule is CN1CC(O)CNS(=O)(=O)c2ccc(C3CCCC3)cc2OCC2(CCN(C(=O)c3cccc(F)c3)CC2)C1. The predicted octanol–water partition coefficient (Wildman–Crippen LogP) is 3.37. The van der Waals surface area contributed by atoms with Crippen LogP contribution in [0.4, 0.5) is 4.39 Å². The van der Waals surface area contributed by atoms with Crippen molar-refractivity contribution in [2.24, 2.45) is 5.41 Å². The summed E-state index contributed by atoms with van der Waals surface area (Å²) < 4.78 is 49.1. The van der Waals surface area contributed by atoms with E-state index in [1.807, 2.05) is 24.1 Å². The fourth-order valence-electron chi connectivity index (χ4n) is 6.28. The van der Waals surface area contributed by atoms with E-state index in [9.17, 15) is 22.7 Å². The largest absolute Gasteiger partial charge is 0.492 e. The molecular formula is C29H38FN3O5S. The van der Waals surface area contributed by atoms with E-state index >= 15 is 0 Å². The number of halogens is 1. The Balaban J connectivity index is 1.41. The quantitative estimate of drug-likeness (QED) is 0.586. The van der Waals surface area contributed by atoms with Crippen LogP contribution < -0.4 is 9.46 Å². The maximum atomic E-state index is 13.7. The maximum Gasteiger partial charge on any atom is 0.253 e. The molecule has 2 heterocycles. The number of carbonyl (C=O) groups excluding carboxylic acids is 1. The average Bonchev–Trinajstić information content (AvgIpc) is 3.45. The molecule has 10 heteroatoms. The summed E-state index contributed by atoms with van der Waals surface area (Å²) in [4.78, 5) is 16.9. The van der Waals surface area contributed by atoms with Gasteiger partial charge in [-0.25, -0.2) is 17.5 Å². The van der Waals surface area contributed by atoms with Gasteiger partial charge in [0.2, 0.25) is 10.0 Å². The number of aliphatic hydroxyl groups is 1. The molecule has 39 heavy (non-hydrogen) atoms. The van der Waals surface area contributed by atoms with Crippen LogP contribution in [0.5, 0.6) is 5.75 Å². The average molecular weight is 560 g/mol. The van der Waals surface area contributed by atoms with Crippen molar-refractivity contribution < 1.29 is 27.4 Å². The Morgan fingerprint density at radius 3 is 2.59 bits per heavy atom. The Morgan fingerprint density at radius 2 is 1.87 bits per heavy atom. The van der Waals surface area contributed by atoms with E-state index in [4.69, 9.17) is 4.74 Å². The van der Waals surface area contributed by atoms with E-state index in [0.717, 1.165) is 18.4 Å². The number of hydrogen-bond acceptors (Lipinski definition) is 6. The molecule has 212 valence electrons. The number of likely N-dealkylation sites (N-methyl/N-ethyl adjacent to an activating group) is 1. The minimum atomic E-state index is -3.89. The first-order chi connectivity index (χ1) is 18.6. The fraction of sp³-hybridized carbons (Fsp3) is 0.552. The molecule has 1 amide bonds. The van der Waals surface area contributed by atoms with Gasteiger partial charge in [0.25, 0.3) is 5.91 Å². The summed E-state index contributed by atoms with van der Waals surface area (Å²) in [7, 11) is -1.99. The second-order valence-electron chi connectivity index (χ2n) is 11.5. The standard InChI is InChI=1S/C29H38FN3O5S/c1-32-18-25(34)17-31-39(36,37)27-10-9-22(21-5-2-3-6-21)16-26(27)38-20-29(19-32)11-13-33(14-12-29)28(35)23-7-4-8-24(30)15-23/h4,7-10,15-16,21,25,31,34H,2-3,5-6,11-14,17-20H2,1H3. The highest BCUT2D eigenvalue weighted by molar-refractivity contribution is 7.89. The third kappa shape index (κ3) is 6.45. The molecule has 2 aromatic carbocycles. The molecule has 2 N–H and O–H groups in total. The van der Waals surface area contributed by atoms with Crippen LogP contribution in [0.2, 0.25) is 0 Å². The van der Waals surface area contributed by atoms with Gasteiger partial charge in [0.15, 0.2) is 0 Å². The summed E-state index contributed by atoms with van der Waals surface area (Å²) in [5.74, 6) is 0.0884. The number of nitrogens with zero attached hydrogens (tertiary/aromatic N) is 2. The zero-order chi connectivity index (χ0) is 27.6. The number of amides is 1. The highest BCUT2D eigenvalue weighted by Crippen LogP contribution is 2.39. The molecule has 1 unspecified atom stereocenters. The normalized spacial score (nSPS) is 24.4. The van der Waals surface area contributed by atoms with Gasteiger partial charge in [-0.1, -0.05) is 25.0 Å². The van der Waals surface area contributed by atoms with Crippen molar-refractivity contribution in [3.63, 3.8) is 0 Å². The van der Waals surface area contributed by atoms with Crippen LogP contribution >= 0.6 is 0 Å². The van der Waals surface area contributed by atoms with Crippen molar-refractivity contribution in [1.82, 2.24) is 14.5 Å². The molecule has 1 saturated carbocycles. The number of hydrogen-bond donors (Lipinski definition) is 2. The summed E-state index contributed by atoms with van der Waals surface area (Å²) >= 11 is 0. The third-order valence-corrected chi connectivity index (χ3v) is 9.90. The van der Waals surface area contributed by atoms with Crippen molar-refractivity contribution in [2.75, 3.05) is 46.4 Å². The minimum Gasteiger partial charge on any atom is -0.492 e. The van der Waals surface area contributed by atoms with Crippen LogP contribution in [0.3, 0.4) is 0 Å². The molecule has 0 bridgehead atoms. The molecular weight excluding hydrogens is 521 g/mol. The number of carbonyl (C=O) groups is 1. The first kappa shape index (κ1) is 28.0. The number of fused-ring (bicyclic) bond motifs is 1. The lowest BCUT2D eigenvalue weighted by atomic mass is 9.78. The van der Waals surface area contributed by atoms with E-state index in [1.54, 1.807) is 17.0 Å². The Bertz CT molecular complexity index is 1290. The number of piperidine rings is 1. The molecule has 2 aliphatic heterocycles. The maximum absolute atomic E-state index is 13.7. The lowest BCUT2D eigenvalue weighted by molar-refractivity contribution is 0.0159. The van der Waals surface area contributed by atoms with Gasteiger partial charge >= 0.3 is 0 Å². The molecule has 1 atom stereocenters. The van der Waals surface area contributed by atoms with Crippen molar-refractivity contribution >= 4 is 15.9 Å². The van der Waals surface area contributed by atoms with Crippen LogP contribution in [0.25, 0.3) is 0 Å². The highest BCUT2D eigenvalue weighted by Gasteiger charge is 2.39. The Morgan fingerprint density at radius 1 is 1.13 bits per heavy atom. The molecule has 8 nitrogen and oxygen atoms in total. The number of nitrogens with one attached hydrogen (secondary N) is 1. The number of benzene rings is 2. The van der Waals surface area contributed by atoms with E-state index in [-0.39, 0.29) is 29.4 Å². The van der Waals surface area contributed by atoms with Crippen LogP contribution in [-0.2, 0) is 10.0 Å². The molecule has 0 aromatic heterocycles. The molecule has 3 aliphatic rings. The lowest BCUT2D eigenvalue weighted by Gasteiger charge is -2.44. The van der Waals surface area contributed by atoms with E-state index in [2.05, 4.69) is 4.72 Å². The second-order valence-corrected chi connectivity index (χ2v) is 13.2. The first-order valence-corrected chi connectivity index (χ1v) is 15.3. The van der Waals surface area contributed by atoms with Gasteiger partial charge < -0.3 is 19.6 Å². The smallest absolute Gasteiger partial charge is 0.253 e. The van der Waals surface area contributed by atoms with Gasteiger partial charge in [-0.3, -0.25) is 4.79 Å². The summed E-state index contributed by atoms with van der Waals surface area (Å²) in [6, 6.07) is 11.1. The number of likely N-dealkylation sites (tertiary alicyclic amines) is 1. The predicted molar refractivity (Wildman–Crippen MR) is 146 cm³/mol. The number of β-amino-alcohol motifs (C(OH)–C–C–N with tert-alkyl or cyclic N) is 1. The summed E-state index contributed by atoms with van der Waals surface area (Å²) in [6.07, 6.45) is 4.90. The van der Waals surface area contributed by atoms with E-state index < -0.39 is 21.9 Å². The zero-order valence-electron chi connectivity index (χ0n) is 22.4. The van der Waals surface area contributed by atoms with Crippen LogP contribution in [0, 0.1) is 11.2 Å². The molecule has 1 spiro atoms. The van der Waals surface area contributed by atoms with Gasteiger partial charge in [-0.05, 0) is 74.5 Å². The van der Waals surface area contributed by atoms with Crippen LogP contribution in [0.15, 0.2) is 47.4 Å². The number of aliphatic hydroxyl groups excluding tert-OH is 1. The van der Waals surface area contributed by atoms with Crippen LogP contribution in [-0.4, -0.2) is 81.7 Å². The Hall–Kier alpha value is -2.53. The molecule has 0 radical (unpaired) electrons. The van der Waals surface area contributed by atoms with Crippen molar-refractivity contribution in [2.45, 2.75) is 55.4 Å². The zero-order valence-corrected chi connectivity index (χ0v) is 23.3. The van der Waals surface area contributed by atoms with E-state index in [1.165, 1.54) is 31.0 Å². The molecule has 5 rings (SSSR count). The number of ether oxygens (including phenoxy) is 1. The lowest BCUT2D eigenvalue weighted by Crippen LogP contribution is -2.51. The van der Waals surface area contributed by atoms with Gasteiger partial charge in [0.05, 0.1) is 12.7 Å². The van der Waals surface area contributed by atoms with E-state index in [0.29, 0.717) is 56.3 Å². The second kappa shape index (κ2) is 11.5. The Kier molecular flexibility index (Phi) is 8.28. The van der Waals surface area contributed by atoms with Crippen LogP contribution in [0.1, 0.15) is 60.4 Å². The highest BCUT2D eigenvalue weighted by atomic mass is 32.2. The topological polar surface area (TPSA) is 99.2 Å². The molecule has 2 fully saturated rings. The molecule has 2 aromatic rings. The third-order valence-electron chi connectivity index (χ3n) is 8.44. The summed E-state index contributed by atoms with van der Waals surface area (Å²) in [5, 5.41) is 10.6. The molecule has 1 aliphatic carbocycles. The van der Waals surface area contributed by atoms with Crippen molar-refractivity contribution in [1.29, 1.82) is 0 Å². The summed E-state index contributed by atoms with van der Waals surface area (Å²) in [6.45, 7) is 2.06. The Labute approximate surface area is 230 Å². The van der Waals surface area contributed by atoms with Crippen molar-refractivity contribution in [3.05, 3.63) is 59.4 Å². The minimum absolute atomic E-state index is 0.0826. The number of sulfonamides is 1. The number of rotatable bonds is 2. The molecule has 1 saturated heterocycles. The van der Waals surface area contributed by atoms with Gasteiger partial charge in [-0.2, -0.15) is 0 Å². The monoisotopic (exact) mass is 559 g/mol. The first-order valence-electron chi connectivity index (χ1n) is 13.8. The summed E-state index contributed by atoms with van der Waals surface area (Å²) in [5.41, 5.74) is 1.06. The fourth-order valence-corrected chi connectivity index (χ4v) is 7.48. The van der Waals surface area contributed by atoms with Gasteiger partial charge in [0, 0.05) is 43.7 Å². The van der Waals surface area contributed by atoms with Crippen molar-refractivity contribution in [3.8, 4) is 5.75 Å². The van der Waals surface area contributed by atoms with Gasteiger partial charge in [0.1, 0.15) is 16.5 Å².